The maximum absolute atomic E-state index is 12.1. The van der Waals surface area contributed by atoms with Crippen molar-refractivity contribution < 1.29 is 4.79 Å². The lowest BCUT2D eigenvalue weighted by atomic mass is 10.1. The van der Waals surface area contributed by atoms with Crippen molar-refractivity contribution in [3.63, 3.8) is 0 Å². The summed E-state index contributed by atoms with van der Waals surface area (Å²) in [5.41, 5.74) is 5.66. The molecule has 1 heterocycles. The van der Waals surface area contributed by atoms with Crippen LogP contribution in [0.25, 0.3) is 0 Å². The summed E-state index contributed by atoms with van der Waals surface area (Å²) in [6.07, 6.45) is 3.22. The van der Waals surface area contributed by atoms with Crippen LogP contribution in [0.4, 0.5) is 0 Å². The summed E-state index contributed by atoms with van der Waals surface area (Å²) < 4.78 is 0. The van der Waals surface area contributed by atoms with Crippen LogP contribution < -0.4 is 5.73 Å². The second-order valence-electron chi connectivity index (χ2n) is 5.01. The molecule has 1 unspecified atom stereocenters. The average Bonchev–Trinajstić information content (AvgIpc) is 2.76. The van der Waals surface area contributed by atoms with Gasteiger partial charge in [-0.05, 0) is 38.3 Å². The molecule has 108 valence electrons. The van der Waals surface area contributed by atoms with Crippen molar-refractivity contribution in [2.45, 2.75) is 33.1 Å². The molecule has 0 aromatic carbocycles. The predicted octanol–water partition coefficient (Wildman–Crippen LogP) is 1.34. The van der Waals surface area contributed by atoms with Gasteiger partial charge in [-0.2, -0.15) is 0 Å². The summed E-state index contributed by atoms with van der Waals surface area (Å²) in [7, 11) is 0. The SMILES string of the molecule is CCCN(CCC)C(=O)CN1CCC(CN)C1.Cl. The third-order valence-corrected chi connectivity index (χ3v) is 3.40. The van der Waals surface area contributed by atoms with E-state index < -0.39 is 0 Å². The molecule has 0 aliphatic carbocycles. The van der Waals surface area contributed by atoms with E-state index in [1.165, 1.54) is 0 Å². The van der Waals surface area contributed by atoms with E-state index in [1.54, 1.807) is 0 Å². The molecule has 5 heteroatoms. The van der Waals surface area contributed by atoms with Gasteiger partial charge in [0.2, 0.25) is 5.91 Å². The number of nitrogens with two attached hydrogens (primary N) is 1. The number of halogens is 1. The first-order valence-corrected chi connectivity index (χ1v) is 6.91. The maximum atomic E-state index is 12.1. The highest BCUT2D eigenvalue weighted by Crippen LogP contribution is 2.14. The molecule has 0 aromatic heterocycles. The molecule has 1 amide bonds. The Labute approximate surface area is 117 Å². The van der Waals surface area contributed by atoms with Gasteiger partial charge in [0.25, 0.3) is 0 Å². The van der Waals surface area contributed by atoms with E-state index in [9.17, 15) is 4.79 Å². The van der Waals surface area contributed by atoms with Crippen molar-refractivity contribution in [3.05, 3.63) is 0 Å². The molecule has 1 rings (SSSR count). The largest absolute Gasteiger partial charge is 0.342 e. The van der Waals surface area contributed by atoms with E-state index in [2.05, 4.69) is 18.7 Å². The minimum atomic E-state index is 0. The Morgan fingerprint density at radius 1 is 1.33 bits per heavy atom. The van der Waals surface area contributed by atoms with E-state index in [1.807, 2.05) is 4.90 Å². The highest BCUT2D eigenvalue weighted by atomic mass is 35.5. The fraction of sp³-hybridized carbons (Fsp3) is 0.923. The van der Waals surface area contributed by atoms with Crippen LogP contribution in [0.3, 0.4) is 0 Å². The molecule has 1 saturated heterocycles. The molecule has 4 nitrogen and oxygen atoms in total. The van der Waals surface area contributed by atoms with Crippen LogP contribution in [0, 0.1) is 5.92 Å². The maximum Gasteiger partial charge on any atom is 0.236 e. The molecule has 1 aliphatic heterocycles. The Balaban J connectivity index is 0.00000289. The minimum absolute atomic E-state index is 0. The Bertz CT molecular complexity index is 232. The summed E-state index contributed by atoms with van der Waals surface area (Å²) in [5.74, 6) is 0.875. The van der Waals surface area contributed by atoms with Gasteiger partial charge in [-0.3, -0.25) is 9.69 Å². The van der Waals surface area contributed by atoms with E-state index in [4.69, 9.17) is 5.73 Å². The fourth-order valence-corrected chi connectivity index (χ4v) is 2.44. The minimum Gasteiger partial charge on any atom is -0.342 e. The summed E-state index contributed by atoms with van der Waals surface area (Å²) in [5, 5.41) is 0. The molecule has 1 atom stereocenters. The smallest absolute Gasteiger partial charge is 0.236 e. The number of rotatable bonds is 7. The third kappa shape index (κ3) is 5.55. The molecular weight excluding hydrogens is 250 g/mol. The summed E-state index contributed by atoms with van der Waals surface area (Å²) >= 11 is 0. The number of hydrogen-bond donors (Lipinski definition) is 1. The molecule has 2 N–H and O–H groups in total. The normalized spacial score (nSPS) is 19.6. The molecule has 0 aromatic rings. The summed E-state index contributed by atoms with van der Waals surface area (Å²) in [6.45, 7) is 9.37. The molecule has 0 radical (unpaired) electrons. The second kappa shape index (κ2) is 9.59. The first-order valence-electron chi connectivity index (χ1n) is 6.91. The van der Waals surface area contributed by atoms with Gasteiger partial charge < -0.3 is 10.6 Å². The Morgan fingerprint density at radius 3 is 2.39 bits per heavy atom. The van der Waals surface area contributed by atoms with Crippen LogP contribution in [-0.2, 0) is 4.79 Å². The van der Waals surface area contributed by atoms with E-state index in [-0.39, 0.29) is 18.3 Å². The first kappa shape index (κ1) is 17.7. The standard InChI is InChI=1S/C13H27N3O.ClH/c1-3-6-16(7-4-2)13(17)11-15-8-5-12(9-14)10-15;/h12H,3-11,14H2,1-2H3;1H. The molecule has 0 saturated carbocycles. The van der Waals surface area contributed by atoms with E-state index >= 15 is 0 Å². The summed E-state index contributed by atoms with van der Waals surface area (Å²) in [6, 6.07) is 0. The average molecular weight is 278 g/mol. The number of nitrogens with zero attached hydrogens (tertiary/aromatic N) is 2. The number of carbonyl (C=O) groups is 1. The van der Waals surface area contributed by atoms with Crippen LogP contribution in [0.1, 0.15) is 33.1 Å². The van der Waals surface area contributed by atoms with Gasteiger partial charge in [-0.25, -0.2) is 0 Å². The summed E-state index contributed by atoms with van der Waals surface area (Å²) in [4.78, 5) is 16.4. The quantitative estimate of drug-likeness (QED) is 0.764. The van der Waals surface area contributed by atoms with Crippen LogP contribution in [0.15, 0.2) is 0 Å². The Hall–Kier alpha value is -0.320. The zero-order chi connectivity index (χ0) is 12.7. The molecule has 18 heavy (non-hydrogen) atoms. The lowest BCUT2D eigenvalue weighted by molar-refractivity contribution is -0.132. The number of likely N-dealkylation sites (tertiary alicyclic amines) is 1. The van der Waals surface area contributed by atoms with Gasteiger partial charge in [0.05, 0.1) is 6.54 Å². The van der Waals surface area contributed by atoms with Crippen LogP contribution in [0.5, 0.6) is 0 Å². The Kier molecular flexibility index (Phi) is 9.42. The third-order valence-electron chi connectivity index (χ3n) is 3.40. The van der Waals surface area contributed by atoms with Gasteiger partial charge in [-0.1, -0.05) is 13.8 Å². The van der Waals surface area contributed by atoms with Gasteiger partial charge >= 0.3 is 0 Å². The molecule has 0 spiro atoms. The number of carbonyl (C=O) groups excluding carboxylic acids is 1. The van der Waals surface area contributed by atoms with Crippen molar-refractivity contribution in [3.8, 4) is 0 Å². The zero-order valence-corrected chi connectivity index (χ0v) is 12.5. The van der Waals surface area contributed by atoms with Crippen molar-refractivity contribution >= 4 is 18.3 Å². The highest BCUT2D eigenvalue weighted by molar-refractivity contribution is 5.85. The van der Waals surface area contributed by atoms with Crippen molar-refractivity contribution in [1.82, 2.24) is 9.80 Å². The van der Waals surface area contributed by atoms with Crippen molar-refractivity contribution in [2.24, 2.45) is 11.7 Å². The van der Waals surface area contributed by atoms with Gasteiger partial charge in [0, 0.05) is 19.6 Å². The van der Waals surface area contributed by atoms with Crippen molar-refractivity contribution in [2.75, 3.05) is 39.3 Å². The molecule has 1 aliphatic rings. The van der Waals surface area contributed by atoms with Crippen LogP contribution in [0.2, 0.25) is 0 Å². The monoisotopic (exact) mass is 277 g/mol. The van der Waals surface area contributed by atoms with Crippen LogP contribution in [-0.4, -0.2) is 55.0 Å². The second-order valence-corrected chi connectivity index (χ2v) is 5.01. The van der Waals surface area contributed by atoms with E-state index in [0.717, 1.165) is 52.0 Å². The van der Waals surface area contributed by atoms with Gasteiger partial charge in [0.15, 0.2) is 0 Å². The predicted molar refractivity (Wildman–Crippen MR) is 78.0 cm³/mol. The topological polar surface area (TPSA) is 49.6 Å². The molecule has 0 bridgehead atoms. The number of amides is 1. The van der Waals surface area contributed by atoms with Gasteiger partial charge in [0.1, 0.15) is 0 Å². The lowest BCUT2D eigenvalue weighted by Gasteiger charge is -2.24. The fourth-order valence-electron chi connectivity index (χ4n) is 2.44. The van der Waals surface area contributed by atoms with E-state index in [0.29, 0.717) is 12.5 Å². The zero-order valence-electron chi connectivity index (χ0n) is 11.7. The van der Waals surface area contributed by atoms with Gasteiger partial charge in [-0.15, -0.1) is 12.4 Å². The number of hydrogen-bond acceptors (Lipinski definition) is 3. The van der Waals surface area contributed by atoms with Crippen LogP contribution >= 0.6 is 12.4 Å². The highest BCUT2D eigenvalue weighted by Gasteiger charge is 2.24. The first-order chi connectivity index (χ1) is 8.21. The van der Waals surface area contributed by atoms with Crippen molar-refractivity contribution in [1.29, 1.82) is 0 Å². The Morgan fingerprint density at radius 2 is 1.94 bits per heavy atom. The molecule has 1 fully saturated rings. The molecular formula is C13H28ClN3O. The lowest BCUT2D eigenvalue weighted by Crippen LogP contribution is -2.40.